The number of aryl methyl sites for hydroxylation is 1. The van der Waals surface area contributed by atoms with E-state index in [-0.39, 0.29) is 30.6 Å². The van der Waals surface area contributed by atoms with Crippen LogP contribution in [-0.2, 0) is 6.54 Å². The number of para-hydroxylation sites is 2. The first kappa shape index (κ1) is 24.6. The van der Waals surface area contributed by atoms with Crippen molar-refractivity contribution in [2.45, 2.75) is 32.7 Å². The molecule has 32 heavy (non-hydrogen) atoms. The molecule has 0 aliphatic carbocycles. The second-order valence-electron chi connectivity index (χ2n) is 8.06. The molecule has 0 bridgehead atoms. The average Bonchev–Trinajstić information content (AvgIpc) is 3.26. The fraction of sp³-hybridized carbons (Fsp3) is 0.333. The van der Waals surface area contributed by atoms with Crippen LogP contribution in [0.15, 0.2) is 48.5 Å². The number of fused-ring (bicyclic) bond motifs is 3. The van der Waals surface area contributed by atoms with E-state index in [1.165, 1.54) is 32.4 Å². The Bertz CT molecular complexity index is 1220. The SMILES string of the molecule is Cc1nc2n(CCN3CCCCC3)c3ccccc3n2c1C(=O)c1ccc(Cl)cc1.Cl.Cl. The Morgan fingerprint density at radius 2 is 1.59 bits per heavy atom. The number of hydrogen-bond donors (Lipinski definition) is 0. The molecule has 2 aromatic heterocycles. The fourth-order valence-corrected chi connectivity index (χ4v) is 4.69. The summed E-state index contributed by atoms with van der Waals surface area (Å²) in [6.07, 6.45) is 3.90. The smallest absolute Gasteiger partial charge is 0.215 e. The maximum absolute atomic E-state index is 13.4. The fourth-order valence-electron chi connectivity index (χ4n) is 4.56. The second kappa shape index (κ2) is 10.3. The molecular formula is C24H27Cl3N4O. The van der Waals surface area contributed by atoms with Crippen molar-refractivity contribution in [2.75, 3.05) is 19.6 Å². The van der Waals surface area contributed by atoms with Gasteiger partial charge in [-0.3, -0.25) is 9.20 Å². The van der Waals surface area contributed by atoms with Crippen LogP contribution in [0.4, 0.5) is 0 Å². The van der Waals surface area contributed by atoms with Gasteiger partial charge in [0.1, 0.15) is 5.69 Å². The molecule has 2 aromatic carbocycles. The number of carbonyl (C=O) groups excluding carboxylic acids is 1. The third kappa shape index (κ3) is 4.40. The van der Waals surface area contributed by atoms with E-state index in [1.807, 2.05) is 23.5 Å². The van der Waals surface area contributed by atoms with E-state index in [1.54, 1.807) is 24.3 Å². The largest absolute Gasteiger partial charge is 0.308 e. The topological polar surface area (TPSA) is 42.5 Å². The number of benzene rings is 2. The van der Waals surface area contributed by atoms with Crippen molar-refractivity contribution in [3.63, 3.8) is 0 Å². The Morgan fingerprint density at radius 3 is 2.28 bits per heavy atom. The Balaban J connectivity index is 0.00000144. The van der Waals surface area contributed by atoms with E-state index in [0.29, 0.717) is 16.3 Å². The van der Waals surface area contributed by atoms with Gasteiger partial charge in [-0.25, -0.2) is 4.98 Å². The van der Waals surface area contributed by atoms with Crippen molar-refractivity contribution in [1.29, 1.82) is 0 Å². The van der Waals surface area contributed by atoms with Crippen molar-refractivity contribution < 1.29 is 4.79 Å². The predicted molar refractivity (Wildman–Crippen MR) is 135 cm³/mol. The number of piperidine rings is 1. The molecule has 0 spiro atoms. The van der Waals surface area contributed by atoms with Crippen LogP contribution in [0.5, 0.6) is 0 Å². The van der Waals surface area contributed by atoms with Gasteiger partial charge in [-0.1, -0.05) is 30.2 Å². The van der Waals surface area contributed by atoms with Crippen molar-refractivity contribution >= 4 is 59.0 Å². The number of hydrogen-bond acceptors (Lipinski definition) is 3. The average molecular weight is 494 g/mol. The molecule has 5 rings (SSSR count). The van der Waals surface area contributed by atoms with Crippen molar-refractivity contribution in [2.24, 2.45) is 0 Å². The van der Waals surface area contributed by atoms with Gasteiger partial charge in [-0.15, -0.1) is 24.8 Å². The van der Waals surface area contributed by atoms with Crippen LogP contribution in [0.3, 0.4) is 0 Å². The molecule has 3 heterocycles. The quantitative estimate of drug-likeness (QED) is 0.329. The molecule has 5 nitrogen and oxygen atoms in total. The van der Waals surface area contributed by atoms with E-state index in [2.05, 4.69) is 21.6 Å². The molecule has 0 atom stereocenters. The summed E-state index contributed by atoms with van der Waals surface area (Å²) in [5, 5.41) is 0.621. The monoisotopic (exact) mass is 492 g/mol. The lowest BCUT2D eigenvalue weighted by molar-refractivity contribution is 0.103. The van der Waals surface area contributed by atoms with Gasteiger partial charge in [-0.05, 0) is 69.3 Å². The number of rotatable bonds is 5. The zero-order valence-electron chi connectivity index (χ0n) is 18.0. The Labute approximate surface area is 205 Å². The summed E-state index contributed by atoms with van der Waals surface area (Å²) in [6.45, 7) is 6.12. The van der Waals surface area contributed by atoms with Crippen LogP contribution < -0.4 is 0 Å². The van der Waals surface area contributed by atoms with Gasteiger partial charge < -0.3 is 9.47 Å². The molecule has 0 saturated carbocycles. The second-order valence-corrected chi connectivity index (χ2v) is 8.50. The molecule has 0 unspecified atom stereocenters. The van der Waals surface area contributed by atoms with Crippen LogP contribution in [0.2, 0.25) is 5.02 Å². The van der Waals surface area contributed by atoms with E-state index < -0.39 is 0 Å². The molecule has 8 heteroatoms. The lowest BCUT2D eigenvalue weighted by atomic mass is 10.1. The predicted octanol–water partition coefficient (Wildman–Crippen LogP) is 5.81. The van der Waals surface area contributed by atoms with Crippen molar-refractivity contribution in [1.82, 2.24) is 18.9 Å². The number of carbonyl (C=O) groups is 1. The van der Waals surface area contributed by atoms with E-state index in [0.717, 1.165) is 35.6 Å². The molecule has 170 valence electrons. The molecule has 0 radical (unpaired) electrons. The highest BCUT2D eigenvalue weighted by molar-refractivity contribution is 6.30. The summed E-state index contributed by atoms with van der Waals surface area (Å²) in [5.74, 6) is 0.804. The van der Waals surface area contributed by atoms with Crippen LogP contribution in [-0.4, -0.2) is 44.3 Å². The molecule has 0 amide bonds. The van der Waals surface area contributed by atoms with Gasteiger partial charge in [0.2, 0.25) is 11.6 Å². The lowest BCUT2D eigenvalue weighted by Crippen LogP contribution is -2.32. The highest BCUT2D eigenvalue weighted by Gasteiger charge is 2.24. The zero-order valence-corrected chi connectivity index (χ0v) is 20.3. The number of aromatic nitrogens is 3. The minimum atomic E-state index is -0.0319. The Morgan fingerprint density at radius 1 is 0.938 bits per heavy atom. The maximum Gasteiger partial charge on any atom is 0.215 e. The zero-order chi connectivity index (χ0) is 20.7. The van der Waals surface area contributed by atoms with E-state index >= 15 is 0 Å². The summed E-state index contributed by atoms with van der Waals surface area (Å²) in [6, 6.07) is 15.3. The highest BCUT2D eigenvalue weighted by atomic mass is 35.5. The first-order valence-corrected chi connectivity index (χ1v) is 11.0. The molecule has 1 aliphatic rings. The lowest BCUT2D eigenvalue weighted by Gasteiger charge is -2.26. The maximum atomic E-state index is 13.4. The van der Waals surface area contributed by atoms with Gasteiger partial charge >= 0.3 is 0 Å². The van der Waals surface area contributed by atoms with E-state index in [9.17, 15) is 4.79 Å². The summed E-state index contributed by atoms with van der Waals surface area (Å²) in [5.41, 5.74) is 4.13. The van der Waals surface area contributed by atoms with Crippen LogP contribution >= 0.6 is 36.4 Å². The number of halogens is 3. The normalized spacial score (nSPS) is 14.3. The molecule has 0 N–H and O–H groups in total. The summed E-state index contributed by atoms with van der Waals surface area (Å²) >= 11 is 6.01. The standard InChI is InChI=1S/C24H25ClN4O.2ClH/c1-17-22(23(30)18-9-11-19(25)12-10-18)29-21-8-4-3-7-20(21)28(24(29)26-17)16-15-27-13-5-2-6-14-27;;/h3-4,7-12H,2,5-6,13-16H2,1H3;2*1H. The first-order valence-electron chi connectivity index (χ1n) is 10.6. The molecule has 1 saturated heterocycles. The van der Waals surface area contributed by atoms with Gasteiger partial charge in [0.15, 0.2) is 0 Å². The van der Waals surface area contributed by atoms with Gasteiger partial charge in [0, 0.05) is 23.7 Å². The number of ketones is 1. The Hall–Kier alpha value is -2.05. The minimum Gasteiger partial charge on any atom is -0.308 e. The summed E-state index contributed by atoms with van der Waals surface area (Å²) in [4.78, 5) is 20.8. The van der Waals surface area contributed by atoms with Crippen LogP contribution in [0, 0.1) is 6.92 Å². The van der Waals surface area contributed by atoms with E-state index in [4.69, 9.17) is 16.6 Å². The van der Waals surface area contributed by atoms with Gasteiger partial charge in [0.25, 0.3) is 0 Å². The Kier molecular flexibility index (Phi) is 7.88. The summed E-state index contributed by atoms with van der Waals surface area (Å²) in [7, 11) is 0. The molecule has 4 aromatic rings. The van der Waals surface area contributed by atoms with Gasteiger partial charge in [-0.2, -0.15) is 0 Å². The number of likely N-dealkylation sites (tertiary alicyclic amines) is 1. The number of nitrogens with zero attached hydrogens (tertiary/aromatic N) is 4. The van der Waals surface area contributed by atoms with Gasteiger partial charge in [0.05, 0.1) is 16.7 Å². The highest BCUT2D eigenvalue weighted by Crippen LogP contribution is 2.26. The first-order chi connectivity index (χ1) is 14.6. The van der Waals surface area contributed by atoms with Crippen molar-refractivity contribution in [3.8, 4) is 0 Å². The third-order valence-electron chi connectivity index (χ3n) is 6.10. The van der Waals surface area contributed by atoms with Crippen LogP contribution in [0.1, 0.15) is 41.0 Å². The summed E-state index contributed by atoms with van der Waals surface area (Å²) < 4.78 is 4.29. The van der Waals surface area contributed by atoms with Crippen LogP contribution in [0.25, 0.3) is 16.8 Å². The third-order valence-corrected chi connectivity index (χ3v) is 6.35. The minimum absolute atomic E-state index is 0. The molecular weight excluding hydrogens is 467 g/mol. The molecule has 1 fully saturated rings. The van der Waals surface area contributed by atoms with Crippen molar-refractivity contribution in [3.05, 3.63) is 70.5 Å². The number of imidazole rings is 2. The molecule has 1 aliphatic heterocycles.